The lowest BCUT2D eigenvalue weighted by Gasteiger charge is -2.25. The molecule has 0 aromatic heterocycles. The molecule has 1 aliphatic heterocycles. The van der Waals surface area contributed by atoms with Crippen LogP contribution in [0.2, 0.25) is 0 Å². The van der Waals surface area contributed by atoms with Gasteiger partial charge in [-0.25, -0.2) is 0 Å². The highest BCUT2D eigenvalue weighted by Crippen LogP contribution is 2.25. The fourth-order valence-electron chi connectivity index (χ4n) is 1.83. The van der Waals surface area contributed by atoms with Crippen LogP contribution in [0.3, 0.4) is 0 Å². The fourth-order valence-corrected chi connectivity index (χ4v) is 2.95. The Balaban J connectivity index is 1.99. The van der Waals surface area contributed by atoms with Crippen LogP contribution in [0.5, 0.6) is 11.5 Å². The van der Waals surface area contributed by atoms with Crippen LogP contribution in [0.25, 0.3) is 0 Å². The topological polar surface area (TPSA) is 77.8 Å². The minimum atomic E-state index is -0.753. The summed E-state index contributed by atoms with van der Waals surface area (Å²) in [5, 5.41) is 18.5. The van der Waals surface area contributed by atoms with Crippen LogP contribution in [0.1, 0.15) is 10.4 Å². The van der Waals surface area contributed by atoms with Crippen molar-refractivity contribution in [1.82, 2.24) is 4.90 Å². The van der Waals surface area contributed by atoms with E-state index in [0.29, 0.717) is 30.2 Å². The molecule has 2 rings (SSSR count). The molecule has 0 aliphatic carbocycles. The van der Waals surface area contributed by atoms with Gasteiger partial charge in [0.15, 0.2) is 17.3 Å². The molecule has 1 fully saturated rings. The molecule has 1 saturated heterocycles. The van der Waals surface area contributed by atoms with E-state index >= 15 is 0 Å². The summed E-state index contributed by atoms with van der Waals surface area (Å²) >= 11 is 0. The number of benzene rings is 1. The van der Waals surface area contributed by atoms with E-state index in [2.05, 4.69) is 0 Å². The minimum Gasteiger partial charge on any atom is -0.504 e. The van der Waals surface area contributed by atoms with Crippen molar-refractivity contribution in [3.63, 3.8) is 0 Å². The highest BCUT2D eigenvalue weighted by molar-refractivity contribution is 7.85. The first-order chi connectivity index (χ1) is 8.56. The molecule has 1 heterocycles. The molecule has 0 spiro atoms. The minimum absolute atomic E-state index is 0.113. The van der Waals surface area contributed by atoms with Gasteiger partial charge in [0.05, 0.1) is 6.54 Å². The van der Waals surface area contributed by atoms with Crippen LogP contribution in [0.4, 0.5) is 0 Å². The number of aromatic hydroxyl groups is 2. The van der Waals surface area contributed by atoms with Gasteiger partial charge in [-0.15, -0.1) is 0 Å². The summed E-state index contributed by atoms with van der Waals surface area (Å²) in [6, 6.07) is 4.05. The summed E-state index contributed by atoms with van der Waals surface area (Å²) in [6.45, 7) is 1.56. The van der Waals surface area contributed by atoms with Crippen molar-refractivity contribution in [1.29, 1.82) is 0 Å². The lowest BCUT2D eigenvalue weighted by Crippen LogP contribution is -2.40. The normalized spacial score (nSPS) is 17.8. The zero-order valence-electron chi connectivity index (χ0n) is 9.83. The number of ketones is 1. The van der Waals surface area contributed by atoms with E-state index in [0.717, 1.165) is 0 Å². The zero-order valence-corrected chi connectivity index (χ0v) is 10.7. The maximum atomic E-state index is 11.9. The van der Waals surface area contributed by atoms with Crippen molar-refractivity contribution in [2.24, 2.45) is 0 Å². The van der Waals surface area contributed by atoms with Crippen LogP contribution in [0.15, 0.2) is 18.2 Å². The summed E-state index contributed by atoms with van der Waals surface area (Å²) in [6.07, 6.45) is 0. The molecule has 0 bridgehead atoms. The van der Waals surface area contributed by atoms with Crippen molar-refractivity contribution in [2.45, 2.75) is 0 Å². The van der Waals surface area contributed by atoms with Crippen molar-refractivity contribution >= 4 is 16.6 Å². The predicted molar refractivity (Wildman–Crippen MR) is 68.4 cm³/mol. The van der Waals surface area contributed by atoms with Gasteiger partial charge in [0.1, 0.15) is 0 Å². The van der Waals surface area contributed by atoms with Crippen molar-refractivity contribution in [2.75, 3.05) is 31.1 Å². The van der Waals surface area contributed by atoms with E-state index in [-0.39, 0.29) is 23.8 Å². The first kappa shape index (κ1) is 13.0. The fraction of sp³-hybridized carbons (Fsp3) is 0.417. The number of hydrogen-bond acceptors (Lipinski definition) is 5. The molecular formula is C12H15NO4S. The molecule has 98 valence electrons. The summed E-state index contributed by atoms with van der Waals surface area (Å²) in [5.41, 5.74) is 0.372. The van der Waals surface area contributed by atoms with Gasteiger partial charge in [-0.3, -0.25) is 13.9 Å². The third kappa shape index (κ3) is 3.08. The van der Waals surface area contributed by atoms with Gasteiger partial charge in [0, 0.05) is 41.0 Å². The number of phenols is 2. The third-order valence-corrected chi connectivity index (χ3v) is 4.21. The predicted octanol–water partition coefficient (Wildman–Crippen LogP) is 0.345. The molecule has 0 radical (unpaired) electrons. The molecule has 0 unspecified atom stereocenters. The summed E-state index contributed by atoms with van der Waals surface area (Å²) in [5.74, 6) is 0.570. The third-order valence-electron chi connectivity index (χ3n) is 2.93. The van der Waals surface area contributed by atoms with E-state index in [1.54, 1.807) is 0 Å². The number of carbonyl (C=O) groups is 1. The van der Waals surface area contributed by atoms with Crippen LogP contribution < -0.4 is 0 Å². The van der Waals surface area contributed by atoms with E-state index in [4.69, 9.17) is 0 Å². The molecule has 2 N–H and O–H groups in total. The van der Waals surface area contributed by atoms with Crippen LogP contribution in [0, 0.1) is 0 Å². The Morgan fingerprint density at radius 2 is 1.89 bits per heavy atom. The molecule has 1 aromatic carbocycles. The van der Waals surface area contributed by atoms with Crippen LogP contribution in [-0.4, -0.2) is 56.2 Å². The van der Waals surface area contributed by atoms with Crippen LogP contribution in [-0.2, 0) is 10.8 Å². The first-order valence-corrected chi connectivity index (χ1v) is 7.17. The lowest BCUT2D eigenvalue weighted by molar-refractivity contribution is 0.0936. The van der Waals surface area contributed by atoms with Gasteiger partial charge < -0.3 is 10.2 Å². The van der Waals surface area contributed by atoms with E-state index < -0.39 is 10.8 Å². The van der Waals surface area contributed by atoms with Gasteiger partial charge in [0.2, 0.25) is 0 Å². The first-order valence-electron chi connectivity index (χ1n) is 5.69. The Morgan fingerprint density at radius 1 is 1.22 bits per heavy atom. The Morgan fingerprint density at radius 3 is 2.50 bits per heavy atom. The lowest BCUT2D eigenvalue weighted by atomic mass is 10.1. The molecule has 5 nitrogen and oxygen atoms in total. The second-order valence-corrected chi connectivity index (χ2v) is 5.95. The number of hydrogen-bond donors (Lipinski definition) is 2. The van der Waals surface area contributed by atoms with Crippen molar-refractivity contribution in [3.05, 3.63) is 23.8 Å². The van der Waals surface area contributed by atoms with E-state index in [1.165, 1.54) is 18.2 Å². The average Bonchev–Trinajstić information content (AvgIpc) is 2.35. The second-order valence-electron chi connectivity index (χ2n) is 4.25. The van der Waals surface area contributed by atoms with Gasteiger partial charge in [-0.1, -0.05) is 0 Å². The molecule has 0 amide bonds. The molecule has 1 aromatic rings. The molecular weight excluding hydrogens is 254 g/mol. The van der Waals surface area contributed by atoms with Crippen molar-refractivity contribution in [3.8, 4) is 11.5 Å². The Bertz CT molecular complexity index is 479. The number of carbonyl (C=O) groups excluding carboxylic acids is 1. The number of phenolic OH excluding ortho intramolecular Hbond substituents is 2. The standard InChI is InChI=1S/C12H15NO4S/c14-10-2-1-9(7-11(10)15)12(16)8-13-3-5-18(17)6-4-13/h1-2,7,14-15H,3-6,8H2. The summed E-state index contributed by atoms with van der Waals surface area (Å²) < 4.78 is 11.2. The maximum Gasteiger partial charge on any atom is 0.176 e. The molecule has 6 heteroatoms. The summed E-state index contributed by atoms with van der Waals surface area (Å²) in [4.78, 5) is 13.9. The molecule has 1 aliphatic rings. The van der Waals surface area contributed by atoms with E-state index in [1.807, 2.05) is 4.90 Å². The SMILES string of the molecule is O=C(CN1CCS(=O)CC1)c1ccc(O)c(O)c1. The van der Waals surface area contributed by atoms with Crippen molar-refractivity contribution < 1.29 is 19.2 Å². The Labute approximate surface area is 107 Å². The van der Waals surface area contributed by atoms with Gasteiger partial charge in [-0.05, 0) is 18.2 Å². The van der Waals surface area contributed by atoms with Gasteiger partial charge in [0.25, 0.3) is 0 Å². The Hall–Kier alpha value is -1.40. The smallest absolute Gasteiger partial charge is 0.176 e. The number of rotatable bonds is 3. The zero-order chi connectivity index (χ0) is 13.1. The second kappa shape index (κ2) is 5.49. The average molecular weight is 269 g/mol. The maximum absolute atomic E-state index is 11.9. The highest BCUT2D eigenvalue weighted by atomic mass is 32.2. The number of nitrogens with zero attached hydrogens (tertiary/aromatic N) is 1. The molecule has 18 heavy (non-hydrogen) atoms. The van der Waals surface area contributed by atoms with E-state index in [9.17, 15) is 19.2 Å². The van der Waals surface area contributed by atoms with Crippen LogP contribution >= 0.6 is 0 Å². The molecule has 0 atom stereocenters. The number of Topliss-reactive ketones (excluding diaryl/α,β-unsaturated/α-hetero) is 1. The summed E-state index contributed by atoms with van der Waals surface area (Å²) in [7, 11) is -0.753. The highest BCUT2D eigenvalue weighted by Gasteiger charge is 2.18. The quantitative estimate of drug-likeness (QED) is 0.611. The largest absolute Gasteiger partial charge is 0.504 e. The monoisotopic (exact) mass is 269 g/mol. The van der Waals surface area contributed by atoms with Gasteiger partial charge in [-0.2, -0.15) is 0 Å². The molecule has 0 saturated carbocycles. The Kier molecular flexibility index (Phi) is 3.98. The van der Waals surface area contributed by atoms with Gasteiger partial charge >= 0.3 is 0 Å².